The number of aryl methyl sites for hydroxylation is 1. The highest BCUT2D eigenvalue weighted by molar-refractivity contribution is 6.05. The highest BCUT2D eigenvalue weighted by Crippen LogP contribution is 2.25. The lowest BCUT2D eigenvalue weighted by atomic mass is 10.1. The molecule has 0 aliphatic rings. The Balaban J connectivity index is 1.85. The van der Waals surface area contributed by atoms with Crippen LogP contribution in [-0.4, -0.2) is 22.5 Å². The molecule has 6 heteroatoms. The predicted octanol–water partition coefficient (Wildman–Crippen LogP) is 4.28. The van der Waals surface area contributed by atoms with Crippen LogP contribution < -0.4 is 10.1 Å². The highest BCUT2D eigenvalue weighted by atomic mass is 19.1. The first-order chi connectivity index (χ1) is 12.6. The van der Waals surface area contributed by atoms with Gasteiger partial charge in [-0.05, 0) is 49.2 Å². The molecule has 0 aliphatic carbocycles. The monoisotopic (exact) mass is 351 g/mol. The number of amides is 1. The van der Waals surface area contributed by atoms with Gasteiger partial charge in [0, 0.05) is 6.20 Å². The van der Waals surface area contributed by atoms with E-state index in [0.717, 1.165) is 0 Å². The molecule has 0 spiro atoms. The molecule has 0 unspecified atom stereocenters. The van der Waals surface area contributed by atoms with Gasteiger partial charge < -0.3 is 10.1 Å². The average molecular weight is 351 g/mol. The van der Waals surface area contributed by atoms with Crippen LogP contribution in [0.4, 0.5) is 10.1 Å². The third-order valence-corrected chi connectivity index (χ3v) is 3.78. The number of carbonyl (C=O) groups excluding carboxylic acids is 1. The fraction of sp³-hybridized carbons (Fsp3) is 0.150. The number of ether oxygens (including phenoxy) is 1. The van der Waals surface area contributed by atoms with Crippen molar-refractivity contribution in [2.75, 3.05) is 11.9 Å². The minimum Gasteiger partial charge on any atom is -0.490 e. The van der Waals surface area contributed by atoms with Crippen LogP contribution in [0.15, 0.2) is 55.3 Å². The normalized spacial score (nSPS) is 10.5. The Labute approximate surface area is 150 Å². The first kappa shape index (κ1) is 17.5. The van der Waals surface area contributed by atoms with Crippen molar-refractivity contribution >= 4 is 22.6 Å². The Morgan fingerprint density at radius 1 is 1.31 bits per heavy atom. The summed E-state index contributed by atoms with van der Waals surface area (Å²) >= 11 is 0. The molecule has 3 aromatic rings. The number of nitrogens with one attached hydrogen (secondary N) is 1. The second kappa shape index (κ2) is 7.74. The summed E-state index contributed by atoms with van der Waals surface area (Å²) in [6.07, 6.45) is 3.95. The largest absolute Gasteiger partial charge is 0.490 e. The summed E-state index contributed by atoms with van der Waals surface area (Å²) < 4.78 is 19.9. The Morgan fingerprint density at radius 3 is 2.96 bits per heavy atom. The molecule has 5 nitrogen and oxygen atoms in total. The number of carbonyl (C=O) groups is 1. The lowest BCUT2D eigenvalue weighted by molar-refractivity contribution is 0.102. The van der Waals surface area contributed by atoms with Crippen molar-refractivity contribution in [3.63, 3.8) is 0 Å². The fourth-order valence-corrected chi connectivity index (χ4v) is 2.48. The zero-order valence-corrected chi connectivity index (χ0v) is 14.3. The number of anilines is 1. The third-order valence-electron chi connectivity index (χ3n) is 3.78. The first-order valence-electron chi connectivity index (χ1n) is 8.16. The Hall–Kier alpha value is -3.28. The molecule has 0 saturated carbocycles. The van der Waals surface area contributed by atoms with E-state index in [2.05, 4.69) is 21.9 Å². The Kier molecular flexibility index (Phi) is 5.22. The molecule has 3 rings (SSSR count). The molecule has 2 aromatic heterocycles. The van der Waals surface area contributed by atoms with Crippen molar-refractivity contribution in [1.29, 1.82) is 0 Å². The SMILES string of the molecule is C=CCCOc1cccc(NC(=O)c2nc3cccnc3cc2C)c1F. The van der Waals surface area contributed by atoms with Gasteiger partial charge in [-0.1, -0.05) is 12.1 Å². The van der Waals surface area contributed by atoms with Crippen molar-refractivity contribution in [2.24, 2.45) is 0 Å². The van der Waals surface area contributed by atoms with E-state index in [1.165, 1.54) is 12.1 Å². The van der Waals surface area contributed by atoms with E-state index in [1.807, 2.05) is 0 Å². The van der Waals surface area contributed by atoms with Crippen LogP contribution in [-0.2, 0) is 0 Å². The summed E-state index contributed by atoms with van der Waals surface area (Å²) in [6, 6.07) is 9.91. The van der Waals surface area contributed by atoms with Crippen molar-refractivity contribution in [3.8, 4) is 5.75 Å². The van der Waals surface area contributed by atoms with Gasteiger partial charge in [-0.15, -0.1) is 6.58 Å². The topological polar surface area (TPSA) is 64.1 Å². The predicted molar refractivity (Wildman–Crippen MR) is 98.9 cm³/mol. The van der Waals surface area contributed by atoms with Gasteiger partial charge in [0.1, 0.15) is 5.69 Å². The van der Waals surface area contributed by atoms with E-state index >= 15 is 0 Å². The molecule has 1 amide bonds. The fourth-order valence-electron chi connectivity index (χ4n) is 2.48. The number of nitrogens with zero attached hydrogens (tertiary/aromatic N) is 2. The zero-order valence-electron chi connectivity index (χ0n) is 14.3. The van der Waals surface area contributed by atoms with Crippen LogP contribution in [0.25, 0.3) is 11.0 Å². The quantitative estimate of drug-likeness (QED) is 0.532. The lowest BCUT2D eigenvalue weighted by Crippen LogP contribution is -2.16. The van der Waals surface area contributed by atoms with Crippen LogP contribution in [0.3, 0.4) is 0 Å². The molecule has 1 N–H and O–H groups in total. The number of halogens is 1. The molecular weight excluding hydrogens is 333 g/mol. The first-order valence-corrected chi connectivity index (χ1v) is 8.16. The number of fused-ring (bicyclic) bond motifs is 1. The molecule has 132 valence electrons. The maximum Gasteiger partial charge on any atom is 0.274 e. The molecule has 0 fully saturated rings. The number of pyridine rings is 2. The number of hydrogen-bond acceptors (Lipinski definition) is 4. The maximum atomic E-state index is 14.5. The van der Waals surface area contributed by atoms with Crippen molar-refractivity contribution in [2.45, 2.75) is 13.3 Å². The van der Waals surface area contributed by atoms with Crippen molar-refractivity contribution < 1.29 is 13.9 Å². The van der Waals surface area contributed by atoms with E-state index in [4.69, 9.17) is 4.74 Å². The second-order valence-electron chi connectivity index (χ2n) is 5.69. The molecule has 0 saturated heterocycles. The van der Waals surface area contributed by atoms with E-state index in [9.17, 15) is 9.18 Å². The van der Waals surface area contributed by atoms with Gasteiger partial charge in [0.15, 0.2) is 11.6 Å². The molecule has 0 aliphatic heterocycles. The number of aromatic nitrogens is 2. The average Bonchev–Trinajstić information content (AvgIpc) is 2.64. The molecule has 0 atom stereocenters. The second-order valence-corrected chi connectivity index (χ2v) is 5.69. The minimum absolute atomic E-state index is 0.0404. The van der Waals surface area contributed by atoms with Gasteiger partial charge in [-0.3, -0.25) is 9.78 Å². The highest BCUT2D eigenvalue weighted by Gasteiger charge is 2.16. The summed E-state index contributed by atoms with van der Waals surface area (Å²) in [4.78, 5) is 21.1. The smallest absolute Gasteiger partial charge is 0.274 e. The molecule has 2 heterocycles. The molecule has 1 aromatic carbocycles. The Morgan fingerprint density at radius 2 is 2.15 bits per heavy atom. The number of hydrogen-bond donors (Lipinski definition) is 1. The van der Waals surface area contributed by atoms with E-state index in [1.54, 1.807) is 43.5 Å². The van der Waals surface area contributed by atoms with Crippen LogP contribution >= 0.6 is 0 Å². The van der Waals surface area contributed by atoms with E-state index in [-0.39, 0.29) is 17.1 Å². The lowest BCUT2D eigenvalue weighted by Gasteiger charge is -2.11. The molecule has 0 bridgehead atoms. The molecule has 0 radical (unpaired) electrons. The van der Waals surface area contributed by atoms with E-state index in [0.29, 0.717) is 29.6 Å². The van der Waals surface area contributed by atoms with Crippen molar-refractivity contribution in [3.05, 3.63) is 72.3 Å². The Bertz CT molecular complexity index is 972. The zero-order chi connectivity index (χ0) is 18.5. The summed E-state index contributed by atoms with van der Waals surface area (Å²) in [5, 5.41) is 2.57. The van der Waals surface area contributed by atoms with Gasteiger partial charge in [-0.25, -0.2) is 9.37 Å². The molecular formula is C20H18FN3O2. The van der Waals surface area contributed by atoms with Crippen LogP contribution in [0, 0.1) is 12.7 Å². The minimum atomic E-state index is -0.620. The summed E-state index contributed by atoms with van der Waals surface area (Å²) in [5.74, 6) is -1.03. The number of benzene rings is 1. The summed E-state index contributed by atoms with van der Waals surface area (Å²) in [6.45, 7) is 5.67. The van der Waals surface area contributed by atoms with Gasteiger partial charge >= 0.3 is 0 Å². The number of rotatable bonds is 6. The van der Waals surface area contributed by atoms with Crippen LogP contribution in [0.5, 0.6) is 5.75 Å². The van der Waals surface area contributed by atoms with Crippen molar-refractivity contribution in [1.82, 2.24) is 9.97 Å². The maximum absolute atomic E-state index is 14.5. The summed E-state index contributed by atoms with van der Waals surface area (Å²) in [5.41, 5.74) is 2.23. The van der Waals surface area contributed by atoms with Gasteiger partial charge in [0.2, 0.25) is 0 Å². The molecule has 26 heavy (non-hydrogen) atoms. The third kappa shape index (κ3) is 3.69. The van der Waals surface area contributed by atoms with Crippen LogP contribution in [0.2, 0.25) is 0 Å². The standard InChI is InChI=1S/C20H18FN3O2/c1-3-4-11-26-17-9-5-7-15(18(17)21)24-20(25)19-13(2)12-16-14(23-19)8-6-10-22-16/h3,5-10,12H,1,4,11H2,2H3,(H,24,25). The van der Waals surface area contributed by atoms with E-state index < -0.39 is 11.7 Å². The summed E-state index contributed by atoms with van der Waals surface area (Å²) in [7, 11) is 0. The van der Waals surface area contributed by atoms with Gasteiger partial charge in [0.25, 0.3) is 5.91 Å². The van der Waals surface area contributed by atoms with Gasteiger partial charge in [0.05, 0.1) is 23.3 Å². The van der Waals surface area contributed by atoms with Gasteiger partial charge in [-0.2, -0.15) is 0 Å². The van der Waals surface area contributed by atoms with Crippen LogP contribution in [0.1, 0.15) is 22.5 Å².